The third-order valence-corrected chi connectivity index (χ3v) is 3.58. The molecule has 0 radical (unpaired) electrons. The quantitative estimate of drug-likeness (QED) is 0.565. The SMILES string of the molecule is CS(=O)(=O)CCC(NC(=O)c1ccc(O)cc1O)C(=O)O. The molecule has 116 valence electrons. The monoisotopic (exact) mass is 317 g/mol. The van der Waals surface area contributed by atoms with Gasteiger partial charge in [0, 0.05) is 12.3 Å². The Hall–Kier alpha value is -2.29. The number of carbonyl (C=O) groups excluding carboxylic acids is 1. The lowest BCUT2D eigenvalue weighted by Crippen LogP contribution is -2.41. The molecule has 1 aromatic rings. The van der Waals surface area contributed by atoms with Gasteiger partial charge in [0.2, 0.25) is 0 Å². The number of sulfone groups is 1. The third-order valence-electron chi connectivity index (χ3n) is 2.61. The summed E-state index contributed by atoms with van der Waals surface area (Å²) in [5, 5.41) is 29.7. The van der Waals surface area contributed by atoms with E-state index in [2.05, 4.69) is 5.32 Å². The molecule has 1 aromatic carbocycles. The second-order valence-corrected chi connectivity index (χ2v) is 6.74. The van der Waals surface area contributed by atoms with Crippen molar-refractivity contribution in [2.24, 2.45) is 0 Å². The fourth-order valence-corrected chi connectivity index (χ4v) is 2.20. The molecule has 1 atom stereocenters. The van der Waals surface area contributed by atoms with Crippen molar-refractivity contribution >= 4 is 21.7 Å². The van der Waals surface area contributed by atoms with Crippen LogP contribution in [-0.4, -0.2) is 53.7 Å². The van der Waals surface area contributed by atoms with Crippen molar-refractivity contribution in [3.05, 3.63) is 23.8 Å². The molecular weight excluding hydrogens is 302 g/mol. The van der Waals surface area contributed by atoms with Crippen molar-refractivity contribution in [2.75, 3.05) is 12.0 Å². The van der Waals surface area contributed by atoms with Gasteiger partial charge in [-0.3, -0.25) is 4.79 Å². The van der Waals surface area contributed by atoms with Crippen molar-refractivity contribution in [3.63, 3.8) is 0 Å². The molecule has 0 saturated heterocycles. The van der Waals surface area contributed by atoms with Crippen LogP contribution in [0, 0.1) is 0 Å². The van der Waals surface area contributed by atoms with Crippen LogP contribution in [-0.2, 0) is 14.6 Å². The zero-order valence-corrected chi connectivity index (χ0v) is 11.9. The molecule has 0 bridgehead atoms. The smallest absolute Gasteiger partial charge is 0.326 e. The number of amides is 1. The van der Waals surface area contributed by atoms with Gasteiger partial charge in [-0.25, -0.2) is 13.2 Å². The first-order valence-corrected chi connectivity index (χ1v) is 7.89. The molecule has 1 unspecified atom stereocenters. The fraction of sp³-hybridized carbons (Fsp3) is 0.333. The Kier molecular flexibility index (Phi) is 5.14. The van der Waals surface area contributed by atoms with E-state index in [1.165, 1.54) is 0 Å². The Morgan fingerprint density at radius 2 is 1.90 bits per heavy atom. The maximum absolute atomic E-state index is 11.9. The first-order chi connectivity index (χ1) is 9.60. The molecule has 0 saturated carbocycles. The van der Waals surface area contributed by atoms with Crippen LogP contribution in [0.4, 0.5) is 0 Å². The summed E-state index contributed by atoms with van der Waals surface area (Å²) in [7, 11) is -3.36. The van der Waals surface area contributed by atoms with Gasteiger partial charge in [-0.05, 0) is 18.6 Å². The number of phenols is 2. The average molecular weight is 317 g/mol. The number of phenolic OH excluding ortho intramolecular Hbond substituents is 2. The lowest BCUT2D eigenvalue weighted by atomic mass is 10.1. The Morgan fingerprint density at radius 1 is 1.29 bits per heavy atom. The van der Waals surface area contributed by atoms with E-state index in [1.807, 2.05) is 0 Å². The number of carboxylic acids is 1. The van der Waals surface area contributed by atoms with Crippen LogP contribution in [0.2, 0.25) is 0 Å². The van der Waals surface area contributed by atoms with Gasteiger partial charge in [0.1, 0.15) is 27.4 Å². The number of hydrogen-bond acceptors (Lipinski definition) is 6. The van der Waals surface area contributed by atoms with E-state index >= 15 is 0 Å². The molecule has 21 heavy (non-hydrogen) atoms. The number of aromatic hydroxyl groups is 2. The Bertz CT molecular complexity index is 654. The molecule has 0 heterocycles. The highest BCUT2D eigenvalue weighted by Crippen LogP contribution is 2.22. The number of hydrogen-bond donors (Lipinski definition) is 4. The molecule has 0 spiro atoms. The Labute approximate surface area is 121 Å². The number of carboxylic acid groups (broad SMARTS) is 1. The van der Waals surface area contributed by atoms with Crippen LogP contribution in [0.1, 0.15) is 16.8 Å². The van der Waals surface area contributed by atoms with Crippen molar-refractivity contribution < 1.29 is 33.3 Å². The van der Waals surface area contributed by atoms with Crippen LogP contribution >= 0.6 is 0 Å². The first-order valence-electron chi connectivity index (χ1n) is 5.83. The third kappa shape index (κ3) is 5.30. The van der Waals surface area contributed by atoms with Crippen LogP contribution in [0.15, 0.2) is 18.2 Å². The Balaban J connectivity index is 2.84. The fourth-order valence-electron chi connectivity index (χ4n) is 1.54. The van der Waals surface area contributed by atoms with Gasteiger partial charge < -0.3 is 20.6 Å². The summed E-state index contributed by atoms with van der Waals surface area (Å²) in [6, 6.07) is 1.80. The number of benzene rings is 1. The predicted octanol–water partition coefficient (Wildman–Crippen LogP) is -0.285. The zero-order chi connectivity index (χ0) is 16.2. The maximum Gasteiger partial charge on any atom is 0.326 e. The highest BCUT2D eigenvalue weighted by atomic mass is 32.2. The largest absolute Gasteiger partial charge is 0.508 e. The minimum absolute atomic E-state index is 0.224. The molecule has 0 aliphatic rings. The molecule has 8 nitrogen and oxygen atoms in total. The second kappa shape index (κ2) is 6.44. The molecule has 0 aliphatic heterocycles. The van der Waals surface area contributed by atoms with Gasteiger partial charge in [-0.15, -0.1) is 0 Å². The molecule has 0 aromatic heterocycles. The van der Waals surface area contributed by atoms with E-state index in [1.54, 1.807) is 0 Å². The van der Waals surface area contributed by atoms with Gasteiger partial charge in [-0.1, -0.05) is 0 Å². The topological polar surface area (TPSA) is 141 Å². The summed E-state index contributed by atoms with van der Waals surface area (Å²) in [5.41, 5.74) is -0.224. The lowest BCUT2D eigenvalue weighted by Gasteiger charge is -2.14. The van der Waals surface area contributed by atoms with Crippen LogP contribution in [0.3, 0.4) is 0 Å². The van der Waals surface area contributed by atoms with Crippen molar-refractivity contribution in [1.29, 1.82) is 0 Å². The minimum Gasteiger partial charge on any atom is -0.508 e. The maximum atomic E-state index is 11.9. The highest BCUT2D eigenvalue weighted by molar-refractivity contribution is 7.90. The number of carbonyl (C=O) groups is 2. The Morgan fingerprint density at radius 3 is 2.38 bits per heavy atom. The molecule has 9 heteroatoms. The van der Waals surface area contributed by atoms with Crippen molar-refractivity contribution in [1.82, 2.24) is 5.32 Å². The van der Waals surface area contributed by atoms with E-state index in [0.29, 0.717) is 0 Å². The summed E-state index contributed by atoms with van der Waals surface area (Å²) < 4.78 is 22.1. The van der Waals surface area contributed by atoms with Gasteiger partial charge in [0.25, 0.3) is 5.91 Å². The standard InChI is InChI=1S/C12H15NO7S/c1-21(19,20)5-4-9(12(17)18)13-11(16)8-3-2-7(14)6-10(8)15/h2-3,6,9,14-15H,4-5H2,1H3,(H,13,16)(H,17,18). The first kappa shape index (κ1) is 16.8. The molecule has 1 amide bonds. The van der Waals surface area contributed by atoms with Crippen LogP contribution in [0.5, 0.6) is 11.5 Å². The lowest BCUT2D eigenvalue weighted by molar-refractivity contribution is -0.139. The number of aliphatic carboxylic acids is 1. The van der Waals surface area contributed by atoms with E-state index in [9.17, 15) is 23.1 Å². The average Bonchev–Trinajstić information content (AvgIpc) is 2.32. The normalized spacial score (nSPS) is 12.6. The molecular formula is C12H15NO7S. The van der Waals surface area contributed by atoms with E-state index in [-0.39, 0.29) is 17.7 Å². The summed E-state index contributed by atoms with van der Waals surface area (Å²) in [5.74, 6) is -3.43. The van der Waals surface area contributed by atoms with Crippen LogP contribution < -0.4 is 5.32 Å². The summed E-state index contributed by atoms with van der Waals surface area (Å²) in [6.45, 7) is 0. The van der Waals surface area contributed by atoms with Gasteiger partial charge in [0.05, 0.1) is 11.3 Å². The van der Waals surface area contributed by atoms with Gasteiger partial charge >= 0.3 is 5.97 Å². The van der Waals surface area contributed by atoms with Crippen molar-refractivity contribution in [2.45, 2.75) is 12.5 Å². The number of rotatable bonds is 6. The van der Waals surface area contributed by atoms with E-state index in [4.69, 9.17) is 10.2 Å². The summed E-state index contributed by atoms with van der Waals surface area (Å²) in [4.78, 5) is 22.9. The zero-order valence-electron chi connectivity index (χ0n) is 11.1. The van der Waals surface area contributed by atoms with Gasteiger partial charge in [0.15, 0.2) is 0 Å². The number of nitrogens with one attached hydrogen (secondary N) is 1. The predicted molar refractivity (Wildman–Crippen MR) is 73.0 cm³/mol. The minimum atomic E-state index is -3.36. The van der Waals surface area contributed by atoms with Crippen molar-refractivity contribution in [3.8, 4) is 11.5 Å². The molecule has 4 N–H and O–H groups in total. The molecule has 0 aliphatic carbocycles. The highest BCUT2D eigenvalue weighted by Gasteiger charge is 2.23. The van der Waals surface area contributed by atoms with Crippen LogP contribution in [0.25, 0.3) is 0 Å². The van der Waals surface area contributed by atoms with E-state index < -0.39 is 39.3 Å². The summed E-state index contributed by atoms with van der Waals surface area (Å²) in [6.07, 6.45) is 0.665. The van der Waals surface area contributed by atoms with Gasteiger partial charge in [-0.2, -0.15) is 0 Å². The molecule has 0 fully saturated rings. The van der Waals surface area contributed by atoms with E-state index in [0.717, 1.165) is 24.5 Å². The second-order valence-electron chi connectivity index (χ2n) is 4.48. The summed E-state index contributed by atoms with van der Waals surface area (Å²) >= 11 is 0. The molecule has 1 rings (SSSR count).